The summed E-state index contributed by atoms with van der Waals surface area (Å²) in [5, 5.41) is 3.05. The van der Waals surface area contributed by atoms with Crippen LogP contribution in [0.1, 0.15) is 27.7 Å². The van der Waals surface area contributed by atoms with Crippen LogP contribution in [0.3, 0.4) is 0 Å². The number of allylic oxidation sites excluding steroid dienone is 1. The van der Waals surface area contributed by atoms with Gasteiger partial charge in [-0.15, -0.1) is 6.58 Å². The van der Waals surface area contributed by atoms with E-state index in [2.05, 4.69) is 45.4 Å². The first-order valence-corrected chi connectivity index (χ1v) is 5.28. The Morgan fingerprint density at radius 1 is 1.25 bits per heavy atom. The summed E-state index contributed by atoms with van der Waals surface area (Å²) in [6.07, 6.45) is 3.96. The molecule has 0 aliphatic rings. The lowest BCUT2D eigenvalue weighted by molar-refractivity contribution is 0.247. The van der Waals surface area contributed by atoms with Gasteiger partial charge in [0.1, 0.15) is 0 Å². The van der Waals surface area contributed by atoms with Crippen molar-refractivity contribution in [3.63, 3.8) is 0 Å². The molecule has 0 unspecified atom stereocenters. The van der Waals surface area contributed by atoms with Crippen molar-refractivity contribution in [3.05, 3.63) is 12.7 Å². The summed E-state index contributed by atoms with van der Waals surface area (Å²) in [6.45, 7) is 12.5. The third kappa shape index (κ3) is 2.60. The summed E-state index contributed by atoms with van der Waals surface area (Å²) in [7, 11) is 0. The molecule has 0 aromatic heterocycles. The van der Waals surface area contributed by atoms with E-state index in [9.17, 15) is 0 Å². The van der Waals surface area contributed by atoms with E-state index in [-0.39, 0.29) is 10.8 Å². The predicted octanol–water partition coefficient (Wildman–Crippen LogP) is 3.55. The molecule has 0 atom stereocenters. The molecule has 12 heavy (non-hydrogen) atoms. The van der Waals surface area contributed by atoms with Crippen molar-refractivity contribution >= 4 is 11.8 Å². The Bertz CT molecular complexity index is 213. The van der Waals surface area contributed by atoms with Crippen molar-refractivity contribution in [2.45, 2.75) is 27.7 Å². The number of hydrogen-bond acceptors (Lipinski definition) is 1. The fourth-order valence-corrected chi connectivity index (χ4v) is 0.952. The zero-order valence-electron chi connectivity index (χ0n) is 8.69. The Morgan fingerprint density at radius 2 is 1.75 bits per heavy atom. The second-order valence-corrected chi connectivity index (χ2v) is 4.59. The average Bonchev–Trinajstić information content (AvgIpc) is 2.00. The SMILES string of the molecule is C=CC(C)(C)C(C)(C)C#CSC. The molecule has 0 rings (SSSR count). The fourth-order valence-electron chi connectivity index (χ4n) is 0.595. The van der Waals surface area contributed by atoms with Crippen molar-refractivity contribution in [1.82, 2.24) is 0 Å². The van der Waals surface area contributed by atoms with Crippen LogP contribution in [0.25, 0.3) is 0 Å². The van der Waals surface area contributed by atoms with Gasteiger partial charge in [-0.05, 0) is 30.8 Å². The molecule has 0 heterocycles. The summed E-state index contributed by atoms with van der Waals surface area (Å²) in [5.74, 6) is 3.24. The standard InChI is InChI=1S/C11H18S/c1-7-10(2,3)11(4,5)8-9-12-6/h7H,1H2,2-6H3. The van der Waals surface area contributed by atoms with Crippen LogP contribution < -0.4 is 0 Å². The van der Waals surface area contributed by atoms with Gasteiger partial charge in [0.05, 0.1) is 0 Å². The van der Waals surface area contributed by atoms with E-state index in [4.69, 9.17) is 0 Å². The lowest BCUT2D eigenvalue weighted by Gasteiger charge is -2.34. The van der Waals surface area contributed by atoms with Crippen LogP contribution >= 0.6 is 11.8 Å². The van der Waals surface area contributed by atoms with Gasteiger partial charge in [0.25, 0.3) is 0 Å². The summed E-state index contributed by atoms with van der Waals surface area (Å²) in [5.41, 5.74) is 0.0630. The third-order valence-corrected chi connectivity index (χ3v) is 2.89. The van der Waals surface area contributed by atoms with E-state index < -0.39 is 0 Å². The van der Waals surface area contributed by atoms with Crippen LogP contribution in [-0.4, -0.2) is 6.26 Å². The van der Waals surface area contributed by atoms with E-state index in [1.54, 1.807) is 11.8 Å². The molecule has 0 saturated heterocycles. The van der Waals surface area contributed by atoms with Crippen LogP contribution in [-0.2, 0) is 0 Å². The lowest BCUT2D eigenvalue weighted by Crippen LogP contribution is -2.28. The van der Waals surface area contributed by atoms with Crippen LogP contribution in [0.5, 0.6) is 0 Å². The molecule has 0 bridgehead atoms. The summed E-state index contributed by atoms with van der Waals surface area (Å²) in [6, 6.07) is 0. The molecule has 0 saturated carbocycles. The highest BCUT2D eigenvalue weighted by Crippen LogP contribution is 2.38. The second kappa shape index (κ2) is 4.05. The van der Waals surface area contributed by atoms with Crippen molar-refractivity contribution < 1.29 is 0 Å². The molecule has 0 fully saturated rings. The Kier molecular flexibility index (Phi) is 3.93. The minimum Gasteiger partial charge on any atom is -0.102 e. The predicted molar refractivity (Wildman–Crippen MR) is 59.1 cm³/mol. The van der Waals surface area contributed by atoms with E-state index in [0.717, 1.165) is 0 Å². The van der Waals surface area contributed by atoms with Gasteiger partial charge >= 0.3 is 0 Å². The molecule has 0 aliphatic carbocycles. The van der Waals surface area contributed by atoms with Crippen LogP contribution in [0.4, 0.5) is 0 Å². The van der Waals surface area contributed by atoms with E-state index in [1.807, 2.05) is 12.3 Å². The molecule has 0 nitrogen and oxygen atoms in total. The van der Waals surface area contributed by atoms with Gasteiger partial charge in [-0.1, -0.05) is 37.6 Å². The maximum absolute atomic E-state index is 3.83. The molecule has 0 spiro atoms. The molecule has 0 N–H and O–H groups in total. The Balaban J connectivity index is 4.71. The first-order chi connectivity index (χ1) is 5.37. The van der Waals surface area contributed by atoms with Gasteiger partial charge in [0.2, 0.25) is 0 Å². The monoisotopic (exact) mass is 182 g/mol. The number of thioether (sulfide) groups is 1. The van der Waals surface area contributed by atoms with Gasteiger partial charge in [-0.2, -0.15) is 0 Å². The normalized spacial score (nSPS) is 11.8. The number of rotatable bonds is 2. The minimum atomic E-state index is -0.00222. The Morgan fingerprint density at radius 3 is 2.08 bits per heavy atom. The molecular weight excluding hydrogens is 164 g/mol. The first-order valence-electron chi connectivity index (χ1n) is 4.06. The quantitative estimate of drug-likeness (QED) is 0.465. The van der Waals surface area contributed by atoms with Crippen LogP contribution in [0, 0.1) is 22.0 Å². The van der Waals surface area contributed by atoms with Crippen molar-refractivity contribution in [2.24, 2.45) is 10.8 Å². The van der Waals surface area contributed by atoms with Gasteiger partial charge in [0.15, 0.2) is 0 Å². The molecular formula is C11H18S. The van der Waals surface area contributed by atoms with Crippen LogP contribution in [0.2, 0.25) is 0 Å². The molecule has 0 aromatic carbocycles. The maximum Gasteiger partial charge on any atom is 0.0352 e. The van der Waals surface area contributed by atoms with Gasteiger partial charge in [0, 0.05) is 5.41 Å². The van der Waals surface area contributed by atoms with E-state index >= 15 is 0 Å². The summed E-state index contributed by atoms with van der Waals surface area (Å²) < 4.78 is 0. The highest BCUT2D eigenvalue weighted by molar-refractivity contribution is 8.03. The molecule has 0 radical (unpaired) electrons. The van der Waals surface area contributed by atoms with Crippen molar-refractivity contribution in [3.8, 4) is 11.2 Å². The third-order valence-electron chi connectivity index (χ3n) is 2.59. The number of hydrogen-bond donors (Lipinski definition) is 0. The first kappa shape index (κ1) is 11.6. The second-order valence-electron chi connectivity index (χ2n) is 3.98. The highest BCUT2D eigenvalue weighted by Gasteiger charge is 2.32. The van der Waals surface area contributed by atoms with Gasteiger partial charge in [-0.3, -0.25) is 0 Å². The van der Waals surface area contributed by atoms with E-state index in [1.165, 1.54) is 0 Å². The molecule has 0 aromatic rings. The van der Waals surface area contributed by atoms with Crippen LogP contribution in [0.15, 0.2) is 12.7 Å². The lowest BCUT2D eigenvalue weighted by atomic mass is 9.69. The fraction of sp³-hybridized carbons (Fsp3) is 0.636. The van der Waals surface area contributed by atoms with Gasteiger partial charge in [-0.25, -0.2) is 0 Å². The topological polar surface area (TPSA) is 0 Å². The maximum atomic E-state index is 3.83. The Labute approximate surface area is 80.8 Å². The van der Waals surface area contributed by atoms with E-state index in [0.29, 0.717) is 0 Å². The summed E-state index contributed by atoms with van der Waals surface area (Å²) in [4.78, 5) is 0. The molecule has 0 amide bonds. The van der Waals surface area contributed by atoms with Gasteiger partial charge < -0.3 is 0 Å². The Hall–Kier alpha value is -0.350. The average molecular weight is 182 g/mol. The van der Waals surface area contributed by atoms with Crippen molar-refractivity contribution in [2.75, 3.05) is 6.26 Å². The largest absolute Gasteiger partial charge is 0.102 e. The zero-order chi connectivity index (χ0) is 9.83. The zero-order valence-corrected chi connectivity index (χ0v) is 9.51. The molecule has 1 heteroatoms. The van der Waals surface area contributed by atoms with Crippen molar-refractivity contribution in [1.29, 1.82) is 0 Å². The minimum absolute atomic E-state index is 0.00222. The molecule has 0 aliphatic heterocycles. The molecule has 68 valence electrons. The summed E-state index contributed by atoms with van der Waals surface area (Å²) >= 11 is 1.56. The highest BCUT2D eigenvalue weighted by atomic mass is 32.2. The smallest absolute Gasteiger partial charge is 0.0352 e.